The van der Waals surface area contributed by atoms with E-state index in [-0.39, 0.29) is 23.7 Å². The van der Waals surface area contributed by atoms with Crippen molar-refractivity contribution in [2.24, 2.45) is 0 Å². The molecule has 0 aromatic heterocycles. The van der Waals surface area contributed by atoms with Gasteiger partial charge in [0.1, 0.15) is 0 Å². The van der Waals surface area contributed by atoms with Crippen LogP contribution in [0.15, 0.2) is 0 Å². The van der Waals surface area contributed by atoms with E-state index in [0.29, 0.717) is 0 Å². The second kappa shape index (κ2) is 8.50. The van der Waals surface area contributed by atoms with Crippen molar-refractivity contribution < 1.29 is 14.3 Å². The summed E-state index contributed by atoms with van der Waals surface area (Å²) in [6.45, 7) is 7.16. The second-order valence-electron chi connectivity index (χ2n) is 7.61. The third-order valence-corrected chi connectivity index (χ3v) is 5.86. The molecule has 0 radical (unpaired) electrons. The fraction of sp³-hybridized carbons (Fsp3) is 0.944. The van der Waals surface area contributed by atoms with Crippen LogP contribution in [0.1, 0.15) is 51.9 Å². The Morgan fingerprint density at radius 2 is 1.92 bits per heavy atom. The summed E-state index contributed by atoms with van der Waals surface area (Å²) in [5.74, 6) is 0. The maximum atomic E-state index is 12.4. The van der Waals surface area contributed by atoms with Crippen molar-refractivity contribution in [1.29, 1.82) is 0 Å². The fourth-order valence-corrected chi connectivity index (χ4v) is 4.46. The maximum Gasteiger partial charge on any atom is 0.315 e. The largest absolute Gasteiger partial charge is 0.379 e. The molecule has 2 heterocycles. The molecule has 2 saturated heterocycles. The van der Waals surface area contributed by atoms with Gasteiger partial charge in [-0.3, -0.25) is 4.90 Å². The lowest BCUT2D eigenvalue weighted by atomic mass is 9.80. The molecular formula is C18H33N3O3. The summed E-state index contributed by atoms with van der Waals surface area (Å²) in [6.07, 6.45) is 8.26. The third kappa shape index (κ3) is 4.61. The number of amides is 2. The first kappa shape index (κ1) is 18.0. The minimum absolute atomic E-state index is 0.0210. The fourth-order valence-electron chi connectivity index (χ4n) is 4.46. The zero-order valence-electron chi connectivity index (χ0n) is 15.0. The van der Waals surface area contributed by atoms with Crippen LogP contribution in [-0.2, 0) is 9.47 Å². The Morgan fingerprint density at radius 1 is 1.17 bits per heavy atom. The Bertz CT molecular complexity index is 406. The van der Waals surface area contributed by atoms with Crippen molar-refractivity contribution in [3.63, 3.8) is 0 Å². The molecule has 2 N–H and O–H groups in total. The minimum Gasteiger partial charge on any atom is -0.379 e. The van der Waals surface area contributed by atoms with Gasteiger partial charge in [0.15, 0.2) is 0 Å². The van der Waals surface area contributed by atoms with Gasteiger partial charge < -0.3 is 20.1 Å². The van der Waals surface area contributed by atoms with Crippen LogP contribution in [0, 0.1) is 0 Å². The summed E-state index contributed by atoms with van der Waals surface area (Å²) in [7, 11) is 0. The van der Waals surface area contributed by atoms with Crippen LogP contribution < -0.4 is 10.6 Å². The molecule has 24 heavy (non-hydrogen) atoms. The molecule has 0 bridgehead atoms. The van der Waals surface area contributed by atoms with Crippen molar-refractivity contribution in [3.05, 3.63) is 0 Å². The van der Waals surface area contributed by atoms with E-state index in [2.05, 4.69) is 22.5 Å². The van der Waals surface area contributed by atoms with E-state index in [1.807, 2.05) is 0 Å². The van der Waals surface area contributed by atoms with Crippen LogP contribution in [0.25, 0.3) is 0 Å². The molecule has 138 valence electrons. The van der Waals surface area contributed by atoms with E-state index < -0.39 is 0 Å². The molecule has 0 unspecified atom stereocenters. The topological polar surface area (TPSA) is 62.8 Å². The average Bonchev–Trinajstić information content (AvgIpc) is 2.62. The smallest absolute Gasteiger partial charge is 0.315 e. The predicted octanol–water partition coefficient (Wildman–Crippen LogP) is 1.89. The van der Waals surface area contributed by atoms with Crippen molar-refractivity contribution in [2.75, 3.05) is 39.5 Å². The zero-order chi connectivity index (χ0) is 16.8. The second-order valence-corrected chi connectivity index (χ2v) is 7.61. The molecule has 3 rings (SSSR count). The highest BCUT2D eigenvalue weighted by Crippen LogP contribution is 2.33. The van der Waals surface area contributed by atoms with Gasteiger partial charge in [0.25, 0.3) is 0 Å². The Morgan fingerprint density at radius 3 is 2.62 bits per heavy atom. The summed E-state index contributed by atoms with van der Waals surface area (Å²) >= 11 is 0. The highest BCUT2D eigenvalue weighted by atomic mass is 16.5. The van der Waals surface area contributed by atoms with E-state index in [1.165, 1.54) is 32.1 Å². The summed E-state index contributed by atoms with van der Waals surface area (Å²) in [5, 5.41) is 6.32. The van der Waals surface area contributed by atoms with Crippen LogP contribution in [0.3, 0.4) is 0 Å². The molecule has 2 amide bonds. The number of ether oxygens (including phenoxy) is 2. The number of hydrogen-bond donors (Lipinski definition) is 2. The lowest BCUT2D eigenvalue weighted by Crippen LogP contribution is -2.60. The predicted molar refractivity (Wildman–Crippen MR) is 93.2 cm³/mol. The SMILES string of the molecule is C[C@@H]1C[C@@H](NC(=O)NCC2(N3CCOCC3)CCCCC2)CCO1. The summed E-state index contributed by atoms with van der Waals surface area (Å²) in [6, 6.07) is 0.215. The van der Waals surface area contributed by atoms with Gasteiger partial charge in [-0.15, -0.1) is 0 Å². The Kier molecular flexibility index (Phi) is 6.36. The van der Waals surface area contributed by atoms with Crippen LogP contribution in [-0.4, -0.2) is 68.1 Å². The number of morpholine rings is 1. The molecule has 6 nitrogen and oxygen atoms in total. The molecular weight excluding hydrogens is 306 g/mol. The average molecular weight is 339 g/mol. The van der Waals surface area contributed by atoms with E-state index in [0.717, 1.165) is 52.3 Å². The first-order chi connectivity index (χ1) is 11.7. The van der Waals surface area contributed by atoms with Crippen LogP contribution in [0.4, 0.5) is 4.79 Å². The maximum absolute atomic E-state index is 12.4. The van der Waals surface area contributed by atoms with Crippen LogP contribution in [0.2, 0.25) is 0 Å². The molecule has 3 fully saturated rings. The van der Waals surface area contributed by atoms with Crippen molar-refractivity contribution in [1.82, 2.24) is 15.5 Å². The molecule has 0 aromatic carbocycles. The highest BCUT2D eigenvalue weighted by Gasteiger charge is 2.38. The molecule has 0 spiro atoms. The normalized spacial score (nSPS) is 31.4. The molecule has 6 heteroatoms. The number of rotatable bonds is 4. The van der Waals surface area contributed by atoms with Gasteiger partial charge in [-0.2, -0.15) is 0 Å². The zero-order valence-corrected chi connectivity index (χ0v) is 15.0. The number of carbonyl (C=O) groups is 1. The van der Waals surface area contributed by atoms with Gasteiger partial charge in [-0.25, -0.2) is 4.79 Å². The Labute approximate surface area is 145 Å². The molecule has 3 aliphatic rings. The lowest BCUT2D eigenvalue weighted by Gasteiger charge is -2.48. The summed E-state index contributed by atoms with van der Waals surface area (Å²) < 4.78 is 11.1. The van der Waals surface area contributed by atoms with E-state index >= 15 is 0 Å². The highest BCUT2D eigenvalue weighted by molar-refractivity contribution is 5.74. The number of hydrogen-bond acceptors (Lipinski definition) is 4. The van der Waals surface area contributed by atoms with Gasteiger partial charge in [0.05, 0.1) is 19.3 Å². The summed E-state index contributed by atoms with van der Waals surface area (Å²) in [5.41, 5.74) is 0.127. The van der Waals surface area contributed by atoms with E-state index in [4.69, 9.17) is 9.47 Å². The molecule has 2 aliphatic heterocycles. The Balaban J connectivity index is 1.52. The van der Waals surface area contributed by atoms with Crippen LogP contribution in [0.5, 0.6) is 0 Å². The molecule has 0 aromatic rings. The van der Waals surface area contributed by atoms with Gasteiger partial charge in [0, 0.05) is 37.8 Å². The van der Waals surface area contributed by atoms with Gasteiger partial charge in [0.2, 0.25) is 0 Å². The number of urea groups is 1. The number of nitrogens with zero attached hydrogens (tertiary/aromatic N) is 1. The number of carbonyl (C=O) groups excluding carboxylic acids is 1. The quantitative estimate of drug-likeness (QED) is 0.821. The van der Waals surface area contributed by atoms with E-state index in [9.17, 15) is 4.79 Å². The molecule has 1 aliphatic carbocycles. The van der Waals surface area contributed by atoms with Gasteiger partial charge >= 0.3 is 6.03 Å². The number of nitrogens with one attached hydrogen (secondary N) is 2. The molecule has 1 saturated carbocycles. The van der Waals surface area contributed by atoms with Gasteiger partial charge in [-0.05, 0) is 32.6 Å². The minimum atomic E-state index is -0.0210. The standard InChI is InChI=1S/C18H33N3O3/c1-15-13-16(5-10-24-15)20-17(22)19-14-18(6-3-2-4-7-18)21-8-11-23-12-9-21/h15-16H,2-14H2,1H3,(H2,19,20,22)/t15-,16+/m1/s1. The van der Waals surface area contributed by atoms with E-state index in [1.54, 1.807) is 0 Å². The van der Waals surface area contributed by atoms with Crippen molar-refractivity contribution in [2.45, 2.75) is 69.6 Å². The van der Waals surface area contributed by atoms with Crippen molar-refractivity contribution in [3.8, 4) is 0 Å². The first-order valence-electron chi connectivity index (χ1n) is 9.67. The van der Waals surface area contributed by atoms with Gasteiger partial charge in [-0.1, -0.05) is 19.3 Å². The first-order valence-corrected chi connectivity index (χ1v) is 9.67. The monoisotopic (exact) mass is 339 g/mol. The summed E-state index contributed by atoms with van der Waals surface area (Å²) in [4.78, 5) is 14.9. The van der Waals surface area contributed by atoms with Crippen molar-refractivity contribution >= 4 is 6.03 Å². The molecule has 2 atom stereocenters. The van der Waals surface area contributed by atoms with Crippen LogP contribution >= 0.6 is 0 Å². The Hall–Kier alpha value is -0.850. The third-order valence-electron chi connectivity index (χ3n) is 5.86. The lowest BCUT2D eigenvalue weighted by molar-refractivity contribution is -0.0358.